The molecule has 9 heteroatoms. The first-order valence-electron chi connectivity index (χ1n) is 13.3. The summed E-state index contributed by atoms with van der Waals surface area (Å²) < 4.78 is 15.1. The molecule has 2 aromatic carbocycles. The number of benzene rings is 2. The molecule has 2 saturated heterocycles. The van der Waals surface area contributed by atoms with Crippen LogP contribution in [0.1, 0.15) is 54.1 Å². The van der Waals surface area contributed by atoms with Gasteiger partial charge in [0.05, 0.1) is 17.2 Å². The van der Waals surface area contributed by atoms with E-state index in [-0.39, 0.29) is 42.4 Å². The van der Waals surface area contributed by atoms with Gasteiger partial charge in [0, 0.05) is 56.3 Å². The number of carbonyl (C=O) groups is 3. The lowest BCUT2D eigenvalue weighted by atomic mass is 9.95. The molecule has 0 bridgehead atoms. The molecular formula is C29H30FN5O3. The van der Waals surface area contributed by atoms with Crippen LogP contribution in [0.25, 0.3) is 0 Å². The molecule has 3 fully saturated rings. The number of amides is 3. The molecule has 3 aliphatic heterocycles. The fourth-order valence-corrected chi connectivity index (χ4v) is 6.01. The molecule has 38 heavy (non-hydrogen) atoms. The predicted molar refractivity (Wildman–Crippen MR) is 139 cm³/mol. The van der Waals surface area contributed by atoms with Crippen LogP contribution in [0.4, 0.5) is 15.8 Å². The molecule has 1 atom stereocenters. The molecular weight excluding hydrogens is 485 g/mol. The van der Waals surface area contributed by atoms with E-state index in [0.29, 0.717) is 35.8 Å². The number of rotatable bonds is 7. The maximum Gasteiger partial charge on any atom is 0.255 e. The van der Waals surface area contributed by atoms with Crippen LogP contribution in [0.15, 0.2) is 36.4 Å². The second-order valence-corrected chi connectivity index (χ2v) is 10.9. The zero-order chi connectivity index (χ0) is 26.6. The van der Waals surface area contributed by atoms with E-state index in [4.69, 9.17) is 0 Å². The van der Waals surface area contributed by atoms with Crippen molar-refractivity contribution in [3.05, 3.63) is 58.9 Å². The molecule has 3 amide bonds. The van der Waals surface area contributed by atoms with E-state index in [1.165, 1.54) is 11.0 Å². The van der Waals surface area contributed by atoms with Crippen molar-refractivity contribution in [1.29, 1.82) is 5.26 Å². The van der Waals surface area contributed by atoms with E-state index in [1.807, 2.05) is 4.90 Å². The lowest BCUT2D eigenvalue weighted by Gasteiger charge is -2.43. The quantitative estimate of drug-likeness (QED) is 0.570. The van der Waals surface area contributed by atoms with E-state index in [2.05, 4.69) is 47.5 Å². The van der Waals surface area contributed by atoms with Crippen molar-refractivity contribution < 1.29 is 18.8 Å². The van der Waals surface area contributed by atoms with Crippen LogP contribution in [-0.2, 0) is 21.5 Å². The van der Waals surface area contributed by atoms with E-state index < -0.39 is 11.9 Å². The largest absolute Gasteiger partial charge is 0.371 e. The molecule has 1 saturated carbocycles. The van der Waals surface area contributed by atoms with E-state index in [9.17, 15) is 19.6 Å². The van der Waals surface area contributed by atoms with Crippen LogP contribution in [0.5, 0.6) is 0 Å². The second-order valence-electron chi connectivity index (χ2n) is 10.9. The molecule has 1 unspecified atom stereocenters. The molecule has 8 nitrogen and oxygen atoms in total. The molecule has 0 spiro atoms. The van der Waals surface area contributed by atoms with Crippen molar-refractivity contribution in [2.45, 2.75) is 50.6 Å². The van der Waals surface area contributed by atoms with Crippen molar-refractivity contribution in [2.24, 2.45) is 5.92 Å². The van der Waals surface area contributed by atoms with Crippen LogP contribution >= 0.6 is 0 Å². The van der Waals surface area contributed by atoms with Gasteiger partial charge in [0.25, 0.3) is 5.91 Å². The lowest BCUT2D eigenvalue weighted by Crippen LogP contribution is -2.52. The van der Waals surface area contributed by atoms with Gasteiger partial charge in [0.15, 0.2) is 0 Å². The fourth-order valence-electron chi connectivity index (χ4n) is 6.01. The van der Waals surface area contributed by atoms with Crippen LogP contribution in [0.3, 0.4) is 0 Å². The Bertz CT molecular complexity index is 1360. The van der Waals surface area contributed by atoms with Gasteiger partial charge < -0.3 is 14.7 Å². The standard InChI is InChI=1S/C29H30FN5O3/c1-2-33(21-5-3-20(4-6-21)29(17-31)9-10-29)13-18-14-34(15-18)25-12-22-19(11-23(25)30)16-35(28(22)38)24-7-8-26(36)32-27(24)37/h3-6,11-12,18,24H,2,7-10,13-16H2,1H3,(H,32,36,37). The Morgan fingerprint density at radius 1 is 1.16 bits per heavy atom. The first-order chi connectivity index (χ1) is 18.3. The van der Waals surface area contributed by atoms with Crippen molar-refractivity contribution in [2.75, 3.05) is 36.0 Å². The minimum absolute atomic E-state index is 0.167. The van der Waals surface area contributed by atoms with Gasteiger partial charge in [-0.3, -0.25) is 19.7 Å². The molecule has 3 heterocycles. The van der Waals surface area contributed by atoms with Crippen LogP contribution < -0.4 is 15.1 Å². The summed E-state index contributed by atoms with van der Waals surface area (Å²) in [5.74, 6) is -1.11. The number of fused-ring (bicyclic) bond motifs is 1. The molecule has 0 aromatic heterocycles. The summed E-state index contributed by atoms with van der Waals surface area (Å²) in [5.41, 5.74) is 3.33. The topological polar surface area (TPSA) is 96.8 Å². The van der Waals surface area contributed by atoms with Crippen LogP contribution in [0.2, 0.25) is 0 Å². The van der Waals surface area contributed by atoms with Gasteiger partial charge in [0.1, 0.15) is 11.9 Å². The van der Waals surface area contributed by atoms with E-state index in [1.54, 1.807) is 6.07 Å². The summed E-state index contributed by atoms with van der Waals surface area (Å²) >= 11 is 0. The number of nitrogens with one attached hydrogen (secondary N) is 1. The number of piperidine rings is 1. The summed E-state index contributed by atoms with van der Waals surface area (Å²) in [5, 5.41) is 11.7. The summed E-state index contributed by atoms with van der Waals surface area (Å²) in [6, 6.07) is 13.1. The van der Waals surface area contributed by atoms with Gasteiger partial charge >= 0.3 is 0 Å². The highest BCUT2D eigenvalue weighted by Gasteiger charge is 2.45. The summed E-state index contributed by atoms with van der Waals surface area (Å²) in [6.07, 6.45) is 2.32. The Hall–Kier alpha value is -3.93. The van der Waals surface area contributed by atoms with Crippen molar-refractivity contribution >= 4 is 29.1 Å². The zero-order valence-corrected chi connectivity index (χ0v) is 21.4. The van der Waals surface area contributed by atoms with E-state index in [0.717, 1.165) is 37.2 Å². The number of nitrogens with zero attached hydrogens (tertiary/aromatic N) is 4. The van der Waals surface area contributed by atoms with Crippen molar-refractivity contribution in [3.63, 3.8) is 0 Å². The van der Waals surface area contributed by atoms with Gasteiger partial charge in [-0.15, -0.1) is 0 Å². The fraction of sp³-hybridized carbons (Fsp3) is 0.448. The molecule has 1 aliphatic carbocycles. The molecule has 6 rings (SSSR count). The first-order valence-corrected chi connectivity index (χ1v) is 13.3. The third-order valence-electron chi connectivity index (χ3n) is 8.50. The summed E-state index contributed by atoms with van der Waals surface area (Å²) in [4.78, 5) is 42.6. The number of hydrogen-bond acceptors (Lipinski definition) is 6. The minimum Gasteiger partial charge on any atom is -0.371 e. The highest BCUT2D eigenvalue weighted by molar-refractivity contribution is 6.05. The average Bonchev–Trinajstić information content (AvgIpc) is 3.63. The number of imide groups is 1. The third kappa shape index (κ3) is 4.08. The van der Waals surface area contributed by atoms with Gasteiger partial charge in [-0.25, -0.2) is 4.39 Å². The number of anilines is 2. The molecule has 196 valence electrons. The van der Waals surface area contributed by atoms with E-state index >= 15 is 4.39 Å². The van der Waals surface area contributed by atoms with Crippen LogP contribution in [0, 0.1) is 23.1 Å². The number of hydrogen-bond donors (Lipinski definition) is 1. The minimum atomic E-state index is -0.712. The smallest absolute Gasteiger partial charge is 0.255 e. The Morgan fingerprint density at radius 2 is 1.89 bits per heavy atom. The summed E-state index contributed by atoms with van der Waals surface area (Å²) in [7, 11) is 0. The molecule has 1 N–H and O–H groups in total. The zero-order valence-electron chi connectivity index (χ0n) is 21.4. The number of halogens is 1. The first kappa shape index (κ1) is 24.4. The second kappa shape index (κ2) is 9.12. The van der Waals surface area contributed by atoms with Gasteiger partial charge in [-0.2, -0.15) is 5.26 Å². The highest BCUT2D eigenvalue weighted by atomic mass is 19.1. The maximum atomic E-state index is 15.1. The average molecular weight is 516 g/mol. The number of carbonyl (C=O) groups excluding carboxylic acids is 3. The van der Waals surface area contributed by atoms with Gasteiger partial charge in [-0.05, 0) is 61.6 Å². The molecule has 4 aliphatic rings. The molecule has 2 aromatic rings. The van der Waals surface area contributed by atoms with Gasteiger partial charge in [-0.1, -0.05) is 12.1 Å². The predicted octanol–water partition coefficient (Wildman–Crippen LogP) is 3.10. The number of nitriles is 1. The summed E-state index contributed by atoms with van der Waals surface area (Å²) in [6.45, 7) is 5.34. The third-order valence-corrected chi connectivity index (χ3v) is 8.50. The Labute approximate surface area is 221 Å². The monoisotopic (exact) mass is 515 g/mol. The normalized spacial score (nSPS) is 22.0. The lowest BCUT2D eigenvalue weighted by molar-refractivity contribution is -0.136. The van der Waals surface area contributed by atoms with Crippen molar-refractivity contribution in [3.8, 4) is 6.07 Å². The SMILES string of the molecule is CCN(CC1CN(c2cc3c(cc2F)CN(C2CCC(=O)NC2=O)C3=O)C1)c1ccc(C2(C#N)CC2)cc1. The highest BCUT2D eigenvalue weighted by Crippen LogP contribution is 2.47. The Balaban J connectivity index is 1.10. The van der Waals surface area contributed by atoms with Gasteiger partial charge in [0.2, 0.25) is 11.8 Å². The Morgan fingerprint density at radius 3 is 2.53 bits per heavy atom. The Kier molecular flexibility index (Phi) is 5.86. The maximum absolute atomic E-state index is 15.1. The van der Waals surface area contributed by atoms with Crippen molar-refractivity contribution in [1.82, 2.24) is 10.2 Å². The molecule has 0 radical (unpaired) electrons. The van der Waals surface area contributed by atoms with Crippen LogP contribution in [-0.4, -0.2) is 54.8 Å².